The summed E-state index contributed by atoms with van der Waals surface area (Å²) in [6.45, 7) is 3.39. The molecule has 1 unspecified atom stereocenters. The Morgan fingerprint density at radius 1 is 1.31 bits per heavy atom. The number of carbonyl (C=O) groups is 1. The number of aliphatic hydroxyl groups excluding tert-OH is 1. The van der Waals surface area contributed by atoms with Crippen LogP contribution >= 0.6 is 0 Å². The van der Waals surface area contributed by atoms with E-state index in [1.807, 2.05) is 0 Å². The zero-order valence-electron chi connectivity index (χ0n) is 18.0. The second kappa shape index (κ2) is 10.4. The normalized spacial score (nSPS) is 13.8. The van der Waals surface area contributed by atoms with Gasteiger partial charge in [0.05, 0.1) is 18.3 Å². The number of aryl methyl sites for hydroxylation is 1. The molecule has 0 spiro atoms. The molecule has 32 heavy (non-hydrogen) atoms. The number of nitrogens with zero attached hydrogens (tertiary/aromatic N) is 1. The van der Waals surface area contributed by atoms with Crippen LogP contribution in [0.25, 0.3) is 0 Å². The van der Waals surface area contributed by atoms with Gasteiger partial charge in [-0.3, -0.25) is 4.79 Å². The van der Waals surface area contributed by atoms with Crippen molar-refractivity contribution in [2.24, 2.45) is 13.0 Å². The van der Waals surface area contributed by atoms with E-state index in [0.29, 0.717) is 6.42 Å². The Morgan fingerprint density at radius 2 is 1.97 bits per heavy atom. The first kappa shape index (κ1) is 25.7. The molecule has 3 N–H and O–H groups in total. The Balaban J connectivity index is 2.45. The number of anilines is 1. The lowest BCUT2D eigenvalue weighted by atomic mass is 10.0. The highest BCUT2D eigenvalue weighted by Gasteiger charge is 2.30. The van der Waals surface area contributed by atoms with Gasteiger partial charge in [-0.15, -0.1) is 0 Å². The van der Waals surface area contributed by atoms with Crippen LogP contribution < -0.4 is 14.8 Å². The molecule has 178 valence electrons. The van der Waals surface area contributed by atoms with Crippen molar-refractivity contribution in [3.63, 3.8) is 0 Å². The minimum absolute atomic E-state index is 0.0857. The lowest BCUT2D eigenvalue weighted by molar-refractivity contribution is 0.0799. The standard InChI is InChI=1S/C20H26F3N3O5S/c1-5-15(27)11(2)10-31-18-16(32(29,30)24-3)9-26(4)17(18)20(28)25-12-6-7-14(21)13(8-12)19(22)23/h6-9,11,15,19,24,27H,5,10H2,1-4H3,(H,25,28)/t11-,15?/m0/s1. The average Bonchev–Trinajstić information content (AvgIpc) is 3.09. The SMILES string of the molecule is CCC(O)[C@@H](C)COc1c(S(=O)(=O)NC)cn(C)c1C(=O)Nc1ccc(F)c(C(F)F)c1. The van der Waals surface area contributed by atoms with Crippen molar-refractivity contribution < 1.29 is 36.2 Å². The van der Waals surface area contributed by atoms with Gasteiger partial charge in [-0.1, -0.05) is 13.8 Å². The van der Waals surface area contributed by atoms with Gasteiger partial charge >= 0.3 is 0 Å². The van der Waals surface area contributed by atoms with Gasteiger partial charge < -0.3 is 19.7 Å². The van der Waals surface area contributed by atoms with E-state index in [-0.39, 0.29) is 34.6 Å². The minimum atomic E-state index is -4.02. The summed E-state index contributed by atoms with van der Waals surface area (Å²) >= 11 is 0. The van der Waals surface area contributed by atoms with Crippen LogP contribution in [0.2, 0.25) is 0 Å². The second-order valence-electron chi connectivity index (χ2n) is 7.24. The number of carbonyl (C=O) groups excluding carboxylic acids is 1. The van der Waals surface area contributed by atoms with Gasteiger partial charge in [0.15, 0.2) is 11.4 Å². The molecule has 0 bridgehead atoms. The minimum Gasteiger partial charge on any atom is -0.489 e. The van der Waals surface area contributed by atoms with E-state index >= 15 is 0 Å². The van der Waals surface area contributed by atoms with Crippen LogP contribution in [0.3, 0.4) is 0 Å². The average molecular weight is 478 g/mol. The highest BCUT2D eigenvalue weighted by atomic mass is 32.2. The molecule has 2 aromatic rings. The summed E-state index contributed by atoms with van der Waals surface area (Å²) in [7, 11) is -1.41. The second-order valence-corrected chi connectivity index (χ2v) is 9.10. The number of benzene rings is 1. The topological polar surface area (TPSA) is 110 Å². The van der Waals surface area contributed by atoms with Gasteiger partial charge in [0.25, 0.3) is 12.3 Å². The molecule has 0 fully saturated rings. The smallest absolute Gasteiger partial charge is 0.276 e. The summed E-state index contributed by atoms with van der Waals surface area (Å²) in [6, 6.07) is 2.70. The molecule has 0 aliphatic rings. The first-order chi connectivity index (χ1) is 14.9. The molecule has 0 aliphatic carbocycles. The maximum atomic E-state index is 13.5. The molecule has 0 radical (unpaired) electrons. The highest BCUT2D eigenvalue weighted by Crippen LogP contribution is 2.32. The molecule has 0 saturated carbocycles. The van der Waals surface area contributed by atoms with E-state index in [0.717, 1.165) is 18.2 Å². The van der Waals surface area contributed by atoms with Crippen molar-refractivity contribution in [3.05, 3.63) is 41.5 Å². The van der Waals surface area contributed by atoms with Crippen molar-refractivity contribution in [1.29, 1.82) is 0 Å². The number of rotatable bonds is 10. The van der Waals surface area contributed by atoms with Crippen molar-refractivity contribution in [2.75, 3.05) is 19.0 Å². The Labute approximate surface area is 184 Å². The number of halogens is 3. The number of alkyl halides is 2. The molecule has 0 saturated heterocycles. The molecule has 12 heteroatoms. The lowest BCUT2D eigenvalue weighted by Gasteiger charge is -2.19. The van der Waals surface area contributed by atoms with E-state index in [1.165, 1.54) is 24.9 Å². The monoisotopic (exact) mass is 477 g/mol. The van der Waals surface area contributed by atoms with Gasteiger partial charge in [0, 0.05) is 24.8 Å². The first-order valence-electron chi connectivity index (χ1n) is 9.75. The number of ether oxygens (including phenoxy) is 1. The van der Waals surface area contributed by atoms with E-state index in [4.69, 9.17) is 4.74 Å². The third kappa shape index (κ3) is 5.61. The zero-order chi connectivity index (χ0) is 24.2. The predicted molar refractivity (Wildman–Crippen MR) is 112 cm³/mol. The number of amides is 1. The fourth-order valence-electron chi connectivity index (χ4n) is 2.99. The molecule has 1 aromatic carbocycles. The molecular formula is C20H26F3N3O5S. The van der Waals surface area contributed by atoms with E-state index < -0.39 is 39.8 Å². The molecule has 8 nitrogen and oxygen atoms in total. The molecule has 2 atom stereocenters. The fourth-order valence-corrected chi connectivity index (χ4v) is 3.90. The van der Waals surface area contributed by atoms with Crippen LogP contribution in [-0.2, 0) is 17.1 Å². The van der Waals surface area contributed by atoms with Crippen molar-refractivity contribution in [3.8, 4) is 5.75 Å². The summed E-state index contributed by atoms with van der Waals surface area (Å²) in [5, 5.41) is 12.3. The van der Waals surface area contributed by atoms with E-state index in [1.54, 1.807) is 13.8 Å². The fraction of sp³-hybridized carbons (Fsp3) is 0.450. The van der Waals surface area contributed by atoms with Crippen LogP contribution in [0.15, 0.2) is 29.3 Å². The summed E-state index contributed by atoms with van der Waals surface area (Å²) in [4.78, 5) is 12.6. The molecular weight excluding hydrogens is 451 g/mol. The van der Waals surface area contributed by atoms with Crippen LogP contribution in [0.5, 0.6) is 5.75 Å². The highest BCUT2D eigenvalue weighted by molar-refractivity contribution is 7.89. The zero-order valence-corrected chi connectivity index (χ0v) is 18.8. The number of aliphatic hydroxyl groups is 1. The van der Waals surface area contributed by atoms with Crippen LogP contribution in [-0.4, -0.2) is 43.8 Å². The van der Waals surface area contributed by atoms with E-state index in [2.05, 4.69) is 10.0 Å². The third-order valence-electron chi connectivity index (χ3n) is 4.93. The van der Waals surface area contributed by atoms with Crippen LogP contribution in [0.4, 0.5) is 18.9 Å². The molecule has 0 aliphatic heterocycles. The number of sulfonamides is 1. The predicted octanol–water partition coefficient (Wildman–Crippen LogP) is 3.05. The van der Waals surface area contributed by atoms with Crippen molar-refractivity contribution >= 4 is 21.6 Å². The third-order valence-corrected chi connectivity index (χ3v) is 6.34. The van der Waals surface area contributed by atoms with Gasteiger partial charge in [-0.05, 0) is 31.7 Å². The Hall–Kier alpha value is -2.57. The Kier molecular flexibility index (Phi) is 8.32. The quantitative estimate of drug-likeness (QED) is 0.487. The van der Waals surface area contributed by atoms with Gasteiger partial charge in [-0.2, -0.15) is 0 Å². The Morgan fingerprint density at radius 3 is 2.53 bits per heavy atom. The first-order valence-corrected chi connectivity index (χ1v) is 11.2. The molecule has 1 heterocycles. The maximum Gasteiger partial charge on any atom is 0.276 e. The van der Waals surface area contributed by atoms with Gasteiger partial charge in [-0.25, -0.2) is 26.3 Å². The number of aromatic nitrogens is 1. The lowest BCUT2D eigenvalue weighted by Crippen LogP contribution is -2.25. The number of nitrogens with one attached hydrogen (secondary N) is 2. The Bertz CT molecular complexity index is 1070. The van der Waals surface area contributed by atoms with Gasteiger partial charge in [0.2, 0.25) is 10.0 Å². The molecule has 1 amide bonds. The largest absolute Gasteiger partial charge is 0.489 e. The van der Waals surface area contributed by atoms with E-state index in [9.17, 15) is 31.5 Å². The van der Waals surface area contributed by atoms with Gasteiger partial charge in [0.1, 0.15) is 10.7 Å². The van der Waals surface area contributed by atoms with Crippen LogP contribution in [0.1, 0.15) is 42.7 Å². The summed E-state index contributed by atoms with van der Waals surface area (Å²) in [5.41, 5.74) is -1.18. The number of hydrogen-bond acceptors (Lipinski definition) is 5. The summed E-state index contributed by atoms with van der Waals surface area (Å²) < 4.78 is 73.4. The summed E-state index contributed by atoms with van der Waals surface area (Å²) in [5.74, 6) is -2.60. The number of hydrogen-bond donors (Lipinski definition) is 3. The van der Waals surface area contributed by atoms with Crippen molar-refractivity contribution in [2.45, 2.75) is 37.7 Å². The van der Waals surface area contributed by atoms with Crippen LogP contribution in [0, 0.1) is 11.7 Å². The summed E-state index contributed by atoms with van der Waals surface area (Å²) in [6.07, 6.45) is -2.16. The molecule has 1 aromatic heterocycles. The molecule has 2 rings (SSSR count). The van der Waals surface area contributed by atoms with Crippen molar-refractivity contribution in [1.82, 2.24) is 9.29 Å². The maximum absolute atomic E-state index is 13.5.